The van der Waals surface area contributed by atoms with E-state index < -0.39 is 0 Å². The van der Waals surface area contributed by atoms with Crippen LogP contribution < -0.4 is 9.47 Å². The molecular weight excluding hydrogens is 452 g/mol. The summed E-state index contributed by atoms with van der Waals surface area (Å²) >= 11 is 1.39. The molecule has 0 saturated carbocycles. The topological polar surface area (TPSA) is 91.3 Å². The number of benzene rings is 2. The Morgan fingerprint density at radius 2 is 1.85 bits per heavy atom. The van der Waals surface area contributed by atoms with E-state index in [1.165, 1.54) is 11.8 Å². The number of ether oxygens (including phenoxy) is 3. The van der Waals surface area contributed by atoms with E-state index >= 15 is 0 Å². The molecule has 2 aromatic heterocycles. The third kappa shape index (κ3) is 4.80. The zero-order chi connectivity index (χ0) is 24.1. The number of rotatable bonds is 11. The van der Waals surface area contributed by atoms with Crippen molar-refractivity contribution >= 4 is 28.4 Å². The van der Waals surface area contributed by atoms with Crippen LogP contribution in [0.15, 0.2) is 47.6 Å². The van der Waals surface area contributed by atoms with Crippen LogP contribution in [-0.4, -0.2) is 59.2 Å². The number of carbonyl (C=O) groups is 1. The first-order valence-corrected chi connectivity index (χ1v) is 11.9. The number of fused-ring (bicyclic) bond motifs is 1. The van der Waals surface area contributed by atoms with E-state index in [1.54, 1.807) is 21.3 Å². The second-order valence-electron chi connectivity index (χ2n) is 7.76. The molecule has 178 valence electrons. The second-order valence-corrected chi connectivity index (χ2v) is 8.70. The molecule has 0 spiro atoms. The van der Waals surface area contributed by atoms with Gasteiger partial charge in [-0.3, -0.25) is 4.79 Å². The Balaban J connectivity index is 1.61. The lowest BCUT2D eigenvalue weighted by molar-refractivity contribution is 0.102. The predicted octanol–water partition coefficient (Wildman–Crippen LogP) is 4.76. The summed E-state index contributed by atoms with van der Waals surface area (Å²) < 4.78 is 18.1. The normalized spacial score (nSPS) is 11.2. The van der Waals surface area contributed by atoms with E-state index in [-0.39, 0.29) is 11.5 Å². The first-order valence-electron chi connectivity index (χ1n) is 10.9. The number of methoxy groups -OCH3 is 3. The van der Waals surface area contributed by atoms with Crippen molar-refractivity contribution in [3.05, 3.63) is 53.7 Å². The van der Waals surface area contributed by atoms with Gasteiger partial charge in [0.1, 0.15) is 0 Å². The van der Waals surface area contributed by atoms with Crippen molar-refractivity contribution in [1.29, 1.82) is 0 Å². The van der Waals surface area contributed by atoms with Crippen LogP contribution >= 0.6 is 11.8 Å². The highest BCUT2D eigenvalue weighted by atomic mass is 32.2. The first kappa shape index (κ1) is 23.8. The number of thioether (sulfide) groups is 1. The molecule has 4 rings (SSSR count). The molecular formula is C25H28N4O4S. The summed E-state index contributed by atoms with van der Waals surface area (Å²) in [5.74, 6) is 2.28. The summed E-state index contributed by atoms with van der Waals surface area (Å²) in [6.45, 7) is 3.20. The molecule has 0 bridgehead atoms. The quantitative estimate of drug-likeness (QED) is 0.188. The van der Waals surface area contributed by atoms with Crippen molar-refractivity contribution in [2.75, 3.05) is 33.7 Å². The molecule has 4 aromatic rings. The van der Waals surface area contributed by atoms with Crippen LogP contribution in [0, 0.1) is 6.92 Å². The molecule has 8 nitrogen and oxygen atoms in total. The zero-order valence-electron chi connectivity index (χ0n) is 19.8. The molecule has 0 fully saturated rings. The Hall–Kier alpha value is -3.30. The Morgan fingerprint density at radius 1 is 1.06 bits per heavy atom. The van der Waals surface area contributed by atoms with Gasteiger partial charge in [-0.15, -0.1) is 10.2 Å². The number of aryl methyl sites for hydroxylation is 1. The minimum absolute atomic E-state index is 0.0547. The lowest BCUT2D eigenvalue weighted by Crippen LogP contribution is -2.08. The van der Waals surface area contributed by atoms with Gasteiger partial charge in [-0.1, -0.05) is 30.0 Å². The Bertz CT molecular complexity index is 1300. The molecule has 0 aliphatic heterocycles. The molecule has 2 heterocycles. The number of ketones is 1. The van der Waals surface area contributed by atoms with Crippen molar-refractivity contribution in [3.8, 4) is 22.9 Å². The summed E-state index contributed by atoms with van der Waals surface area (Å²) in [7, 11) is 4.88. The fraction of sp³-hybridized carbons (Fsp3) is 0.320. The largest absolute Gasteiger partial charge is 0.493 e. The number of para-hydroxylation sites is 1. The molecule has 9 heteroatoms. The van der Waals surface area contributed by atoms with Gasteiger partial charge in [0, 0.05) is 48.0 Å². The van der Waals surface area contributed by atoms with Crippen LogP contribution in [0.25, 0.3) is 22.3 Å². The Kier molecular flexibility index (Phi) is 7.54. The zero-order valence-corrected chi connectivity index (χ0v) is 20.6. The maximum atomic E-state index is 13.2. The lowest BCUT2D eigenvalue weighted by atomic mass is 10.1. The van der Waals surface area contributed by atoms with Crippen LogP contribution in [0.3, 0.4) is 0 Å². The van der Waals surface area contributed by atoms with E-state index in [4.69, 9.17) is 14.2 Å². The van der Waals surface area contributed by atoms with Gasteiger partial charge in [0.05, 0.1) is 20.0 Å². The molecule has 2 aromatic carbocycles. The van der Waals surface area contributed by atoms with Gasteiger partial charge in [-0.05, 0) is 37.6 Å². The molecule has 0 atom stereocenters. The van der Waals surface area contributed by atoms with Crippen LogP contribution in [0.4, 0.5) is 0 Å². The van der Waals surface area contributed by atoms with Gasteiger partial charge < -0.3 is 23.8 Å². The number of carbonyl (C=O) groups excluding carboxylic acids is 1. The number of Topliss-reactive ketones (excluding diaryl/α,β-unsaturated/α-hetero) is 1. The van der Waals surface area contributed by atoms with Crippen molar-refractivity contribution in [2.45, 2.75) is 25.0 Å². The van der Waals surface area contributed by atoms with E-state index in [0.29, 0.717) is 35.6 Å². The van der Waals surface area contributed by atoms with Crippen LogP contribution in [0.1, 0.15) is 22.5 Å². The number of H-pyrrole nitrogens is 1. The summed E-state index contributed by atoms with van der Waals surface area (Å²) in [6, 6.07) is 13.5. The van der Waals surface area contributed by atoms with E-state index in [2.05, 4.69) is 15.2 Å². The molecule has 0 aliphatic carbocycles. The molecule has 0 unspecified atom stereocenters. The fourth-order valence-corrected chi connectivity index (χ4v) is 4.83. The number of aromatic nitrogens is 4. The third-order valence-corrected chi connectivity index (χ3v) is 6.56. The van der Waals surface area contributed by atoms with Crippen molar-refractivity contribution in [3.63, 3.8) is 0 Å². The van der Waals surface area contributed by atoms with Crippen molar-refractivity contribution in [1.82, 2.24) is 19.7 Å². The number of nitrogens with one attached hydrogen (secondary N) is 1. The van der Waals surface area contributed by atoms with Gasteiger partial charge in [-0.25, -0.2) is 0 Å². The van der Waals surface area contributed by atoms with E-state index in [0.717, 1.165) is 34.1 Å². The van der Waals surface area contributed by atoms with Gasteiger partial charge in [0.2, 0.25) is 0 Å². The summed E-state index contributed by atoms with van der Waals surface area (Å²) in [4.78, 5) is 16.5. The summed E-state index contributed by atoms with van der Waals surface area (Å²) in [5, 5.41) is 10.5. The fourth-order valence-electron chi connectivity index (χ4n) is 3.99. The van der Waals surface area contributed by atoms with Gasteiger partial charge >= 0.3 is 0 Å². The lowest BCUT2D eigenvalue weighted by Gasteiger charge is -2.12. The van der Waals surface area contributed by atoms with E-state index in [9.17, 15) is 4.79 Å². The average molecular weight is 481 g/mol. The highest BCUT2D eigenvalue weighted by Gasteiger charge is 2.20. The van der Waals surface area contributed by atoms with Crippen LogP contribution in [0.5, 0.6) is 11.5 Å². The highest BCUT2D eigenvalue weighted by molar-refractivity contribution is 7.99. The molecule has 1 N–H and O–H groups in total. The average Bonchev–Trinajstić information content (AvgIpc) is 3.42. The highest BCUT2D eigenvalue weighted by Crippen LogP contribution is 2.33. The van der Waals surface area contributed by atoms with E-state index in [1.807, 2.05) is 54.0 Å². The number of nitrogens with zero attached hydrogens (tertiary/aromatic N) is 3. The van der Waals surface area contributed by atoms with Crippen LogP contribution in [-0.2, 0) is 11.3 Å². The summed E-state index contributed by atoms with van der Waals surface area (Å²) in [5.41, 5.74) is 3.42. The smallest absolute Gasteiger partial charge is 0.191 e. The maximum Gasteiger partial charge on any atom is 0.191 e. The van der Waals surface area contributed by atoms with Gasteiger partial charge in [0.15, 0.2) is 28.3 Å². The Morgan fingerprint density at radius 3 is 2.62 bits per heavy atom. The van der Waals surface area contributed by atoms with Crippen molar-refractivity contribution in [2.24, 2.45) is 0 Å². The van der Waals surface area contributed by atoms with Gasteiger partial charge in [-0.2, -0.15) is 0 Å². The van der Waals surface area contributed by atoms with Crippen LogP contribution in [0.2, 0.25) is 0 Å². The minimum Gasteiger partial charge on any atom is -0.493 e. The molecule has 0 saturated heterocycles. The summed E-state index contributed by atoms with van der Waals surface area (Å²) in [6.07, 6.45) is 0.790. The maximum absolute atomic E-state index is 13.2. The molecule has 0 amide bonds. The SMILES string of the molecule is COCCCn1c(SCC(=O)c2c(C)[nH]c3ccccc23)nnc1-c1ccc(OC)c(OC)c1. The number of aromatic amines is 1. The third-order valence-electron chi connectivity index (χ3n) is 5.59. The number of hydrogen-bond donors (Lipinski definition) is 1. The molecule has 34 heavy (non-hydrogen) atoms. The molecule has 0 aliphatic rings. The predicted molar refractivity (Wildman–Crippen MR) is 133 cm³/mol. The minimum atomic E-state index is 0.0547. The standard InChI is InChI=1S/C25H28N4O4S/c1-16-23(18-8-5-6-9-19(18)26-16)20(30)15-34-25-28-27-24(29(25)12-7-13-31-2)17-10-11-21(32-3)22(14-17)33-4/h5-6,8-11,14,26H,7,12-13,15H2,1-4H3. The van der Waals surface area contributed by atoms with Gasteiger partial charge in [0.25, 0.3) is 0 Å². The monoisotopic (exact) mass is 480 g/mol. The molecule has 0 radical (unpaired) electrons. The van der Waals surface area contributed by atoms with Crippen molar-refractivity contribution < 1.29 is 19.0 Å². The second kappa shape index (κ2) is 10.8. The number of hydrogen-bond acceptors (Lipinski definition) is 7. The first-order chi connectivity index (χ1) is 16.6. The Labute approximate surface area is 202 Å².